The molecule has 0 bridgehead atoms. The van der Waals surface area contributed by atoms with Crippen molar-refractivity contribution in [2.75, 3.05) is 20.0 Å². The largest absolute Gasteiger partial charge is 0.497 e. The van der Waals surface area contributed by atoms with Crippen molar-refractivity contribution in [1.29, 1.82) is 0 Å². The number of carbonyl (C=O) groups excluding carboxylic acids is 1. The van der Waals surface area contributed by atoms with Crippen LogP contribution in [0.1, 0.15) is 22.8 Å². The molecule has 0 amide bonds. The molecule has 4 rings (SSSR count). The summed E-state index contributed by atoms with van der Waals surface area (Å²) in [6.45, 7) is 2.08. The number of thioether (sulfide) groups is 1. The van der Waals surface area contributed by atoms with Gasteiger partial charge in [0, 0.05) is 0 Å². The monoisotopic (exact) mass is 460 g/mol. The summed E-state index contributed by atoms with van der Waals surface area (Å²) in [5.74, 6) is 0.980. The maximum atomic E-state index is 13.4. The second kappa shape index (κ2) is 9.92. The van der Waals surface area contributed by atoms with Gasteiger partial charge in [0.2, 0.25) is 0 Å². The van der Waals surface area contributed by atoms with Crippen LogP contribution >= 0.6 is 11.8 Å². The third-order valence-electron chi connectivity index (χ3n) is 5.39. The zero-order chi connectivity index (χ0) is 23.4. The number of rotatable bonds is 8. The maximum Gasteiger partial charge on any atom is 0.266 e. The summed E-state index contributed by atoms with van der Waals surface area (Å²) in [6, 6.07) is 20.2. The number of benzene rings is 3. The van der Waals surface area contributed by atoms with Gasteiger partial charge in [-0.25, -0.2) is 4.98 Å². The number of fused-ring (bicyclic) bond motifs is 1. The first-order valence-electron chi connectivity index (χ1n) is 10.5. The Kier molecular flexibility index (Phi) is 6.79. The second-order valence-corrected chi connectivity index (χ2v) is 8.29. The Hall–Kier alpha value is -3.58. The minimum Gasteiger partial charge on any atom is -0.497 e. The molecule has 6 nitrogen and oxygen atoms in total. The molecule has 0 aliphatic rings. The Balaban J connectivity index is 1.74. The number of methoxy groups -OCH3 is 2. The van der Waals surface area contributed by atoms with E-state index in [1.165, 1.54) is 24.4 Å². The molecule has 0 aliphatic carbocycles. The van der Waals surface area contributed by atoms with Crippen molar-refractivity contribution in [3.05, 3.63) is 88.2 Å². The van der Waals surface area contributed by atoms with E-state index >= 15 is 0 Å². The smallest absolute Gasteiger partial charge is 0.266 e. The van der Waals surface area contributed by atoms with Gasteiger partial charge >= 0.3 is 0 Å². The number of ether oxygens (including phenoxy) is 2. The number of para-hydroxylation sites is 1. The van der Waals surface area contributed by atoms with E-state index in [9.17, 15) is 9.59 Å². The van der Waals surface area contributed by atoms with Crippen molar-refractivity contribution in [1.82, 2.24) is 9.55 Å². The first-order chi connectivity index (χ1) is 16.0. The Morgan fingerprint density at radius 2 is 1.76 bits per heavy atom. The molecule has 0 saturated carbocycles. The van der Waals surface area contributed by atoms with Crippen molar-refractivity contribution in [3.8, 4) is 17.2 Å². The summed E-state index contributed by atoms with van der Waals surface area (Å²) < 4.78 is 12.2. The fraction of sp³-hybridized carbons (Fsp3) is 0.192. The number of aromatic nitrogens is 2. The highest BCUT2D eigenvalue weighted by atomic mass is 32.2. The van der Waals surface area contributed by atoms with Gasteiger partial charge < -0.3 is 9.47 Å². The molecule has 0 aliphatic heterocycles. The molecular formula is C26H24N2O4S. The molecule has 0 saturated heterocycles. The van der Waals surface area contributed by atoms with Gasteiger partial charge in [0.05, 0.1) is 42.1 Å². The quantitative estimate of drug-likeness (QED) is 0.211. The molecular weight excluding hydrogens is 436 g/mol. The molecule has 1 heterocycles. The number of carbonyl (C=O) groups is 1. The maximum absolute atomic E-state index is 13.4. The van der Waals surface area contributed by atoms with Gasteiger partial charge in [0.25, 0.3) is 5.56 Å². The minimum absolute atomic E-state index is 0.0847. The molecule has 0 radical (unpaired) electrons. The summed E-state index contributed by atoms with van der Waals surface area (Å²) in [5.41, 5.74) is 2.74. The van der Waals surface area contributed by atoms with Crippen LogP contribution in [0.3, 0.4) is 0 Å². The number of aryl methyl sites for hydroxylation is 1. The molecule has 33 heavy (non-hydrogen) atoms. The predicted molar refractivity (Wildman–Crippen MR) is 131 cm³/mol. The summed E-state index contributed by atoms with van der Waals surface area (Å²) in [6.07, 6.45) is 0.906. The zero-order valence-electron chi connectivity index (χ0n) is 18.7. The number of ketones is 1. The number of nitrogens with zero attached hydrogens (tertiary/aromatic N) is 2. The van der Waals surface area contributed by atoms with Crippen molar-refractivity contribution >= 4 is 28.4 Å². The minimum atomic E-state index is -0.168. The van der Waals surface area contributed by atoms with E-state index in [1.54, 1.807) is 42.0 Å². The molecule has 3 aromatic carbocycles. The summed E-state index contributed by atoms with van der Waals surface area (Å²) >= 11 is 1.22. The molecule has 1 aromatic heterocycles. The van der Waals surface area contributed by atoms with Crippen LogP contribution in [0.4, 0.5) is 0 Å². The van der Waals surface area contributed by atoms with Crippen LogP contribution in [0.25, 0.3) is 16.6 Å². The van der Waals surface area contributed by atoms with Gasteiger partial charge in [-0.2, -0.15) is 0 Å². The van der Waals surface area contributed by atoms with Gasteiger partial charge in [0.15, 0.2) is 10.9 Å². The highest BCUT2D eigenvalue weighted by molar-refractivity contribution is 7.99. The van der Waals surface area contributed by atoms with Crippen LogP contribution in [0, 0.1) is 0 Å². The Labute approximate surface area is 196 Å². The lowest BCUT2D eigenvalue weighted by molar-refractivity contribution is 0.101. The molecule has 0 atom stereocenters. The normalized spacial score (nSPS) is 10.9. The van der Waals surface area contributed by atoms with Gasteiger partial charge in [-0.05, 0) is 54.4 Å². The van der Waals surface area contributed by atoms with Crippen molar-refractivity contribution < 1.29 is 14.3 Å². The lowest BCUT2D eigenvalue weighted by Crippen LogP contribution is -2.22. The SMILES string of the molecule is CCc1ccc(-n2c(SCC(=O)c3cc(OC)ccc3OC)nc3ccccc3c2=O)cc1. The van der Waals surface area contributed by atoms with Crippen LogP contribution < -0.4 is 15.0 Å². The van der Waals surface area contributed by atoms with Crippen LogP contribution in [0.2, 0.25) is 0 Å². The third-order valence-corrected chi connectivity index (χ3v) is 6.33. The van der Waals surface area contributed by atoms with Gasteiger partial charge in [-0.1, -0.05) is 43.0 Å². The molecule has 0 N–H and O–H groups in total. The zero-order valence-corrected chi connectivity index (χ0v) is 19.5. The van der Waals surface area contributed by atoms with Crippen molar-refractivity contribution in [2.45, 2.75) is 18.5 Å². The summed E-state index contributed by atoms with van der Waals surface area (Å²) in [7, 11) is 3.07. The van der Waals surface area contributed by atoms with E-state index in [-0.39, 0.29) is 17.1 Å². The van der Waals surface area contributed by atoms with E-state index in [0.29, 0.717) is 38.8 Å². The molecule has 0 unspecified atom stereocenters. The van der Waals surface area contributed by atoms with E-state index < -0.39 is 0 Å². The van der Waals surface area contributed by atoms with Crippen molar-refractivity contribution in [2.24, 2.45) is 0 Å². The van der Waals surface area contributed by atoms with Crippen LogP contribution in [0.15, 0.2) is 76.7 Å². The average Bonchev–Trinajstić information content (AvgIpc) is 2.87. The van der Waals surface area contributed by atoms with Gasteiger partial charge in [-0.15, -0.1) is 0 Å². The van der Waals surface area contributed by atoms with Gasteiger partial charge in [-0.3, -0.25) is 14.2 Å². The van der Waals surface area contributed by atoms with Crippen LogP contribution in [0.5, 0.6) is 11.5 Å². The molecule has 4 aromatic rings. The number of hydrogen-bond acceptors (Lipinski definition) is 6. The fourth-order valence-corrected chi connectivity index (χ4v) is 4.45. The lowest BCUT2D eigenvalue weighted by Gasteiger charge is -2.14. The highest BCUT2D eigenvalue weighted by Crippen LogP contribution is 2.28. The standard InChI is InChI=1S/C26H24N2O4S/c1-4-17-9-11-18(12-10-17)28-25(30)20-7-5-6-8-22(20)27-26(28)33-16-23(29)21-15-19(31-2)13-14-24(21)32-3/h5-15H,4,16H2,1-3H3. The van der Waals surface area contributed by atoms with Crippen LogP contribution in [-0.4, -0.2) is 35.3 Å². The molecule has 0 spiro atoms. The number of hydrogen-bond donors (Lipinski definition) is 0. The lowest BCUT2D eigenvalue weighted by atomic mass is 10.1. The summed E-state index contributed by atoms with van der Waals surface area (Å²) in [5, 5.41) is 0.986. The Bertz CT molecular complexity index is 1360. The van der Waals surface area contributed by atoms with E-state index in [2.05, 4.69) is 6.92 Å². The fourth-order valence-electron chi connectivity index (χ4n) is 3.56. The van der Waals surface area contributed by atoms with E-state index in [0.717, 1.165) is 6.42 Å². The average molecular weight is 461 g/mol. The predicted octanol–water partition coefficient (Wildman–Crippen LogP) is 4.94. The highest BCUT2D eigenvalue weighted by Gasteiger charge is 2.18. The molecule has 168 valence electrons. The Morgan fingerprint density at radius 1 is 1.00 bits per heavy atom. The molecule has 0 fully saturated rings. The Morgan fingerprint density at radius 3 is 2.45 bits per heavy atom. The van der Waals surface area contributed by atoms with Crippen LogP contribution in [-0.2, 0) is 6.42 Å². The second-order valence-electron chi connectivity index (χ2n) is 7.35. The molecule has 7 heteroatoms. The van der Waals surface area contributed by atoms with Gasteiger partial charge in [0.1, 0.15) is 11.5 Å². The number of Topliss-reactive ketones (excluding diaryl/α,β-unsaturated/α-hetero) is 1. The first-order valence-corrected chi connectivity index (χ1v) is 11.5. The topological polar surface area (TPSA) is 70.4 Å². The first kappa shape index (κ1) is 22.6. The van der Waals surface area contributed by atoms with Crippen molar-refractivity contribution in [3.63, 3.8) is 0 Å². The third kappa shape index (κ3) is 4.64. The summed E-state index contributed by atoms with van der Waals surface area (Å²) in [4.78, 5) is 31.2. The van der Waals surface area contributed by atoms with E-state index in [4.69, 9.17) is 14.5 Å². The van der Waals surface area contributed by atoms with E-state index in [1.807, 2.05) is 36.4 Å².